The van der Waals surface area contributed by atoms with Crippen LogP contribution in [-0.2, 0) is 4.74 Å². The second kappa shape index (κ2) is 9.16. The molecule has 1 aliphatic rings. The van der Waals surface area contributed by atoms with Crippen molar-refractivity contribution in [1.29, 1.82) is 0 Å². The Morgan fingerprint density at radius 3 is 2.16 bits per heavy atom. The first kappa shape index (κ1) is 25.2. The highest BCUT2D eigenvalue weighted by Gasteiger charge is 2.46. The van der Waals surface area contributed by atoms with Crippen molar-refractivity contribution >= 4 is 32.5 Å². The highest BCUT2D eigenvalue weighted by molar-refractivity contribution is 6.19. The minimum atomic E-state index is -1.41. The first-order valence-corrected chi connectivity index (χ1v) is 11.8. The van der Waals surface area contributed by atoms with E-state index < -0.39 is 42.2 Å². The minimum absolute atomic E-state index is 0.0769. The SMILES string of the molecule is COc1cc2c(oc(=O)c3cc([C@H](C)O)cc(OC)c32)c2c([C@H]3O[C@@H](C(C)O)[C@H](O)[C@H]3O)ccc(O)c12. The number of methoxy groups -OCH3 is 2. The first-order valence-electron chi connectivity index (χ1n) is 11.8. The summed E-state index contributed by atoms with van der Waals surface area (Å²) in [6.45, 7) is 3.01. The summed E-state index contributed by atoms with van der Waals surface area (Å²) in [6.07, 6.45) is -6.90. The second-order valence-electron chi connectivity index (χ2n) is 9.33. The van der Waals surface area contributed by atoms with Crippen LogP contribution in [0.4, 0.5) is 0 Å². The number of phenols is 1. The number of hydrogen-bond donors (Lipinski definition) is 5. The Morgan fingerprint density at radius 1 is 0.892 bits per heavy atom. The minimum Gasteiger partial charge on any atom is -0.507 e. The molecule has 1 unspecified atom stereocenters. The maximum absolute atomic E-state index is 13.3. The van der Waals surface area contributed by atoms with Crippen molar-refractivity contribution in [1.82, 2.24) is 0 Å². The van der Waals surface area contributed by atoms with E-state index in [0.29, 0.717) is 27.6 Å². The smallest absolute Gasteiger partial charge is 0.344 e. The van der Waals surface area contributed by atoms with Gasteiger partial charge in [-0.2, -0.15) is 0 Å². The lowest BCUT2D eigenvalue weighted by atomic mass is 9.92. The Kier molecular flexibility index (Phi) is 6.25. The predicted molar refractivity (Wildman–Crippen MR) is 134 cm³/mol. The van der Waals surface area contributed by atoms with Gasteiger partial charge in [-0.25, -0.2) is 4.79 Å². The second-order valence-corrected chi connectivity index (χ2v) is 9.33. The molecule has 1 aromatic heterocycles. The van der Waals surface area contributed by atoms with Gasteiger partial charge in [-0.3, -0.25) is 0 Å². The molecule has 10 nitrogen and oxygen atoms in total. The van der Waals surface area contributed by atoms with Gasteiger partial charge in [0.25, 0.3) is 0 Å². The van der Waals surface area contributed by atoms with Gasteiger partial charge in [-0.1, -0.05) is 6.07 Å². The van der Waals surface area contributed by atoms with Gasteiger partial charge >= 0.3 is 5.63 Å². The largest absolute Gasteiger partial charge is 0.507 e. The van der Waals surface area contributed by atoms with Crippen LogP contribution in [0.2, 0.25) is 0 Å². The first-order chi connectivity index (χ1) is 17.6. The zero-order chi connectivity index (χ0) is 26.8. The fourth-order valence-corrected chi connectivity index (χ4v) is 5.18. The van der Waals surface area contributed by atoms with Crippen LogP contribution >= 0.6 is 0 Å². The number of fused-ring (bicyclic) bond motifs is 5. The van der Waals surface area contributed by atoms with Gasteiger partial charge in [0, 0.05) is 16.2 Å². The normalized spacial score (nSPS) is 23.6. The van der Waals surface area contributed by atoms with E-state index in [1.165, 1.54) is 39.3 Å². The Balaban J connectivity index is 1.94. The van der Waals surface area contributed by atoms with Crippen LogP contribution in [0.25, 0.3) is 32.5 Å². The van der Waals surface area contributed by atoms with Gasteiger partial charge < -0.3 is 44.2 Å². The molecule has 196 valence electrons. The molecule has 1 aliphatic heterocycles. The van der Waals surface area contributed by atoms with Gasteiger partial charge in [-0.05, 0) is 49.2 Å². The van der Waals surface area contributed by atoms with E-state index in [2.05, 4.69) is 0 Å². The fraction of sp³-hybridized carbons (Fsp3) is 0.370. The molecule has 0 bridgehead atoms. The van der Waals surface area contributed by atoms with Crippen LogP contribution in [0, 0.1) is 0 Å². The molecule has 37 heavy (non-hydrogen) atoms. The molecule has 0 aliphatic carbocycles. The molecule has 0 radical (unpaired) electrons. The summed E-state index contributed by atoms with van der Waals surface area (Å²) in [5, 5.41) is 53.7. The third kappa shape index (κ3) is 3.80. The third-order valence-electron chi connectivity index (χ3n) is 7.02. The summed E-state index contributed by atoms with van der Waals surface area (Å²) in [5.74, 6) is 0.395. The lowest BCUT2D eigenvalue weighted by Crippen LogP contribution is -2.36. The summed E-state index contributed by atoms with van der Waals surface area (Å²) in [6, 6.07) is 7.65. The molecule has 5 N–H and O–H groups in total. The fourth-order valence-electron chi connectivity index (χ4n) is 5.18. The predicted octanol–water partition coefficient (Wildman–Crippen LogP) is 2.42. The summed E-state index contributed by atoms with van der Waals surface area (Å²) in [7, 11) is 2.86. The van der Waals surface area contributed by atoms with Crippen molar-refractivity contribution in [3.05, 3.63) is 51.9 Å². The van der Waals surface area contributed by atoms with Crippen molar-refractivity contribution in [2.24, 2.45) is 0 Å². The van der Waals surface area contributed by atoms with Gasteiger partial charge in [0.1, 0.15) is 47.2 Å². The molecule has 6 atom stereocenters. The molecule has 4 aromatic rings. The maximum Gasteiger partial charge on any atom is 0.344 e. The van der Waals surface area contributed by atoms with Crippen LogP contribution in [-0.4, -0.2) is 64.2 Å². The lowest BCUT2D eigenvalue weighted by molar-refractivity contribution is -0.0586. The molecule has 0 amide bonds. The zero-order valence-electron chi connectivity index (χ0n) is 20.6. The molecule has 3 aromatic carbocycles. The molecule has 2 heterocycles. The maximum atomic E-state index is 13.3. The van der Waals surface area contributed by atoms with Crippen LogP contribution in [0.5, 0.6) is 17.2 Å². The Hall–Kier alpha value is -3.41. The standard InChI is InChI=1S/C27H28O10/c1-10(28)12-7-15-19(17(8-12)34-3)14-9-18(35-4)21-16(30)6-5-13(20(21)25(14)37-27(15)33)26-23(32)22(31)24(36-26)11(2)29/h5-11,22-24,26,28-32H,1-4H3/t10-,11?,22+,23+,24-,26+/m0/s1. The Bertz CT molecular complexity index is 1570. The van der Waals surface area contributed by atoms with E-state index in [1.54, 1.807) is 19.1 Å². The van der Waals surface area contributed by atoms with Crippen LogP contribution in [0.1, 0.15) is 37.2 Å². The van der Waals surface area contributed by atoms with Gasteiger partial charge in [0.05, 0.1) is 37.2 Å². The molecule has 0 spiro atoms. The number of aromatic hydroxyl groups is 1. The van der Waals surface area contributed by atoms with E-state index >= 15 is 0 Å². The quantitative estimate of drug-likeness (QED) is 0.199. The highest BCUT2D eigenvalue weighted by Crippen LogP contribution is 2.47. The van der Waals surface area contributed by atoms with E-state index in [1.807, 2.05) is 0 Å². The highest BCUT2D eigenvalue weighted by atomic mass is 16.6. The zero-order valence-corrected chi connectivity index (χ0v) is 20.6. The molecule has 0 saturated carbocycles. The summed E-state index contributed by atoms with van der Waals surface area (Å²) in [4.78, 5) is 13.3. The summed E-state index contributed by atoms with van der Waals surface area (Å²) >= 11 is 0. The van der Waals surface area contributed by atoms with E-state index in [0.717, 1.165) is 0 Å². The summed E-state index contributed by atoms with van der Waals surface area (Å²) in [5.41, 5.74) is 0.142. The van der Waals surface area contributed by atoms with Crippen molar-refractivity contribution in [3.63, 3.8) is 0 Å². The van der Waals surface area contributed by atoms with Crippen LogP contribution in [0.3, 0.4) is 0 Å². The number of phenolic OH excluding ortho intramolecular Hbond substituents is 1. The molecule has 1 saturated heterocycles. The Labute approximate surface area is 210 Å². The topological polar surface area (TPSA) is 159 Å². The van der Waals surface area contributed by atoms with Gasteiger partial charge in [-0.15, -0.1) is 0 Å². The number of ether oxygens (including phenoxy) is 3. The van der Waals surface area contributed by atoms with E-state index in [4.69, 9.17) is 18.6 Å². The van der Waals surface area contributed by atoms with Crippen molar-refractivity contribution in [3.8, 4) is 17.2 Å². The van der Waals surface area contributed by atoms with Gasteiger partial charge in [0.15, 0.2) is 0 Å². The van der Waals surface area contributed by atoms with E-state index in [-0.39, 0.29) is 33.2 Å². The van der Waals surface area contributed by atoms with Crippen LogP contribution in [0.15, 0.2) is 39.5 Å². The van der Waals surface area contributed by atoms with Crippen molar-refractivity contribution in [2.45, 2.75) is 50.5 Å². The molecular weight excluding hydrogens is 484 g/mol. The average Bonchev–Trinajstić information content (AvgIpc) is 3.17. The number of aliphatic hydroxyl groups is 4. The molecule has 5 rings (SSSR count). The summed E-state index contributed by atoms with van der Waals surface area (Å²) < 4.78 is 22.9. The molecular formula is C27H28O10. The lowest BCUT2D eigenvalue weighted by Gasteiger charge is -2.21. The van der Waals surface area contributed by atoms with Crippen LogP contribution < -0.4 is 15.1 Å². The molecule has 1 fully saturated rings. The van der Waals surface area contributed by atoms with Gasteiger partial charge in [0.2, 0.25) is 0 Å². The molecule has 10 heteroatoms. The third-order valence-corrected chi connectivity index (χ3v) is 7.02. The number of aliphatic hydroxyl groups excluding tert-OH is 4. The Morgan fingerprint density at radius 2 is 1.57 bits per heavy atom. The number of rotatable bonds is 5. The monoisotopic (exact) mass is 512 g/mol. The number of hydrogen-bond acceptors (Lipinski definition) is 10. The van der Waals surface area contributed by atoms with Crippen molar-refractivity contribution in [2.75, 3.05) is 14.2 Å². The van der Waals surface area contributed by atoms with E-state index in [9.17, 15) is 30.3 Å². The number of benzene rings is 3. The van der Waals surface area contributed by atoms with Crippen molar-refractivity contribution < 1.29 is 44.2 Å². The average molecular weight is 513 g/mol.